The molecule has 0 saturated carbocycles. The summed E-state index contributed by atoms with van der Waals surface area (Å²) in [5.41, 5.74) is 3.26. The van der Waals surface area contributed by atoms with E-state index < -0.39 is 0 Å². The van der Waals surface area contributed by atoms with E-state index in [1.165, 1.54) is 5.56 Å². The van der Waals surface area contributed by atoms with Crippen LogP contribution in [-0.4, -0.2) is 7.11 Å². The summed E-state index contributed by atoms with van der Waals surface area (Å²) in [5, 5.41) is 3.36. The first-order valence-corrected chi connectivity index (χ1v) is 5.57. The first-order chi connectivity index (χ1) is 8.29. The Hall–Kier alpha value is -1.96. The molecule has 87 valence electrons. The minimum Gasteiger partial charge on any atom is -0.497 e. The molecule has 0 spiro atoms. The normalized spacial score (nSPS) is 10.0. The van der Waals surface area contributed by atoms with Crippen LogP contribution in [0, 0.1) is 6.92 Å². The predicted molar refractivity (Wildman–Crippen MR) is 71.2 cm³/mol. The van der Waals surface area contributed by atoms with Gasteiger partial charge in [-0.25, -0.2) is 0 Å². The van der Waals surface area contributed by atoms with Gasteiger partial charge in [0.2, 0.25) is 0 Å². The molecule has 0 aliphatic rings. The van der Waals surface area contributed by atoms with E-state index in [0.29, 0.717) is 0 Å². The molecule has 0 unspecified atom stereocenters. The monoisotopic (exact) mass is 226 g/mol. The van der Waals surface area contributed by atoms with E-state index in [4.69, 9.17) is 4.74 Å². The fourth-order valence-electron chi connectivity index (χ4n) is 1.67. The van der Waals surface area contributed by atoms with Crippen molar-refractivity contribution in [1.29, 1.82) is 0 Å². The van der Waals surface area contributed by atoms with Crippen molar-refractivity contribution in [3.8, 4) is 5.75 Å². The van der Waals surface area contributed by atoms with Crippen molar-refractivity contribution < 1.29 is 4.74 Å². The molecule has 0 bridgehead atoms. The average Bonchev–Trinajstić information content (AvgIpc) is 2.38. The number of ether oxygens (including phenoxy) is 1. The van der Waals surface area contributed by atoms with Gasteiger partial charge in [-0.2, -0.15) is 0 Å². The van der Waals surface area contributed by atoms with E-state index in [9.17, 15) is 0 Å². The molecule has 2 aromatic carbocycles. The first kappa shape index (κ1) is 11.5. The summed E-state index contributed by atoms with van der Waals surface area (Å²) in [4.78, 5) is 0. The molecule has 2 rings (SSSR count). The summed E-state index contributed by atoms with van der Waals surface area (Å²) in [7, 11) is 1.68. The van der Waals surface area contributed by atoms with Gasteiger partial charge in [-0.3, -0.25) is 0 Å². The van der Waals surface area contributed by atoms with E-state index in [2.05, 4.69) is 18.3 Å². The van der Waals surface area contributed by atoms with Crippen LogP contribution in [-0.2, 0) is 6.54 Å². The molecule has 0 fully saturated rings. The molecule has 2 nitrogen and oxygen atoms in total. The van der Waals surface area contributed by atoms with Crippen molar-refractivity contribution in [2.45, 2.75) is 6.54 Å². The molecule has 0 aliphatic heterocycles. The van der Waals surface area contributed by atoms with Crippen LogP contribution < -0.4 is 10.1 Å². The van der Waals surface area contributed by atoms with Crippen LogP contribution in [0.1, 0.15) is 11.1 Å². The third-order valence-corrected chi connectivity index (χ3v) is 2.63. The molecule has 0 heterocycles. The van der Waals surface area contributed by atoms with Crippen molar-refractivity contribution >= 4 is 5.69 Å². The largest absolute Gasteiger partial charge is 0.497 e. The Morgan fingerprint density at radius 1 is 1.12 bits per heavy atom. The summed E-state index contributed by atoms with van der Waals surface area (Å²) < 4.78 is 5.19. The number of benzene rings is 2. The van der Waals surface area contributed by atoms with Gasteiger partial charge < -0.3 is 10.1 Å². The highest BCUT2D eigenvalue weighted by molar-refractivity contribution is 5.52. The van der Waals surface area contributed by atoms with Gasteiger partial charge in [0.15, 0.2) is 0 Å². The summed E-state index contributed by atoms with van der Waals surface area (Å²) in [6.45, 7) is 4.75. The molecule has 0 atom stereocenters. The molecule has 0 aliphatic carbocycles. The molecule has 2 heteroatoms. The van der Waals surface area contributed by atoms with Gasteiger partial charge >= 0.3 is 0 Å². The Morgan fingerprint density at radius 2 is 1.94 bits per heavy atom. The lowest BCUT2D eigenvalue weighted by molar-refractivity contribution is 0.414. The Kier molecular flexibility index (Phi) is 3.66. The van der Waals surface area contributed by atoms with Gasteiger partial charge in [0.25, 0.3) is 0 Å². The average molecular weight is 226 g/mol. The second-order valence-electron chi connectivity index (χ2n) is 3.86. The van der Waals surface area contributed by atoms with Crippen LogP contribution in [0.25, 0.3) is 0 Å². The lowest BCUT2D eigenvalue weighted by Crippen LogP contribution is -2.00. The molecule has 17 heavy (non-hydrogen) atoms. The predicted octanol–water partition coefficient (Wildman–Crippen LogP) is 3.49. The molecule has 0 saturated heterocycles. The van der Waals surface area contributed by atoms with Crippen molar-refractivity contribution in [1.82, 2.24) is 0 Å². The number of methoxy groups -OCH3 is 1. The maximum Gasteiger partial charge on any atom is 0.119 e. The SMILES string of the molecule is [CH2]c1ccccc1NCc1cccc(OC)c1. The molecular weight excluding hydrogens is 210 g/mol. The zero-order valence-electron chi connectivity index (χ0n) is 9.94. The topological polar surface area (TPSA) is 21.3 Å². The molecule has 1 N–H and O–H groups in total. The number of nitrogens with one attached hydrogen (secondary N) is 1. The van der Waals surface area contributed by atoms with E-state index in [-0.39, 0.29) is 0 Å². The minimum atomic E-state index is 0.768. The van der Waals surface area contributed by atoms with Gasteiger partial charge in [-0.15, -0.1) is 0 Å². The second-order valence-corrected chi connectivity index (χ2v) is 3.86. The van der Waals surface area contributed by atoms with E-state index in [0.717, 1.165) is 23.5 Å². The van der Waals surface area contributed by atoms with Crippen LogP contribution in [0.4, 0.5) is 5.69 Å². The van der Waals surface area contributed by atoms with Crippen molar-refractivity contribution in [3.05, 3.63) is 66.6 Å². The Balaban J connectivity index is 2.05. The van der Waals surface area contributed by atoms with E-state index >= 15 is 0 Å². The van der Waals surface area contributed by atoms with Crippen LogP contribution in [0.2, 0.25) is 0 Å². The molecule has 1 radical (unpaired) electrons. The Labute approximate surface area is 102 Å². The third kappa shape index (κ3) is 3.00. The highest BCUT2D eigenvalue weighted by Gasteiger charge is 1.98. The number of anilines is 1. The Bertz CT molecular complexity index is 494. The molecule has 2 aromatic rings. The van der Waals surface area contributed by atoms with Gasteiger partial charge in [-0.1, -0.05) is 30.3 Å². The van der Waals surface area contributed by atoms with Gasteiger partial charge in [0.1, 0.15) is 5.75 Å². The maximum absolute atomic E-state index is 5.19. The van der Waals surface area contributed by atoms with Crippen LogP contribution in [0.5, 0.6) is 5.75 Å². The lowest BCUT2D eigenvalue weighted by Gasteiger charge is -2.10. The number of rotatable bonds is 4. The van der Waals surface area contributed by atoms with Crippen molar-refractivity contribution in [2.24, 2.45) is 0 Å². The van der Waals surface area contributed by atoms with E-state index in [1.807, 2.05) is 42.5 Å². The fourth-order valence-corrected chi connectivity index (χ4v) is 1.67. The summed E-state index contributed by atoms with van der Waals surface area (Å²) in [6, 6.07) is 16.0. The summed E-state index contributed by atoms with van der Waals surface area (Å²) >= 11 is 0. The number of hydrogen-bond acceptors (Lipinski definition) is 2. The minimum absolute atomic E-state index is 0.768. The molecule has 0 amide bonds. The summed E-state index contributed by atoms with van der Waals surface area (Å²) in [6.07, 6.45) is 0. The number of para-hydroxylation sites is 1. The van der Waals surface area contributed by atoms with E-state index in [1.54, 1.807) is 7.11 Å². The highest BCUT2D eigenvalue weighted by Crippen LogP contribution is 2.17. The first-order valence-electron chi connectivity index (χ1n) is 5.57. The van der Waals surface area contributed by atoms with Crippen LogP contribution in [0.3, 0.4) is 0 Å². The van der Waals surface area contributed by atoms with Crippen LogP contribution >= 0.6 is 0 Å². The Morgan fingerprint density at radius 3 is 2.71 bits per heavy atom. The van der Waals surface area contributed by atoms with Gasteiger partial charge in [0, 0.05) is 12.2 Å². The smallest absolute Gasteiger partial charge is 0.119 e. The zero-order chi connectivity index (χ0) is 12.1. The summed E-state index contributed by atoms with van der Waals surface area (Å²) in [5.74, 6) is 0.882. The van der Waals surface area contributed by atoms with Crippen LogP contribution in [0.15, 0.2) is 48.5 Å². The molecular formula is C15H16NO. The van der Waals surface area contributed by atoms with Crippen molar-refractivity contribution in [3.63, 3.8) is 0 Å². The quantitative estimate of drug-likeness (QED) is 0.861. The zero-order valence-corrected chi connectivity index (χ0v) is 9.94. The number of hydrogen-bond donors (Lipinski definition) is 1. The standard InChI is InChI=1S/C15H16NO/c1-12-6-3-4-9-15(12)16-11-13-7-5-8-14(10-13)17-2/h3-10,16H,1,11H2,2H3. The fraction of sp³-hybridized carbons (Fsp3) is 0.133. The maximum atomic E-state index is 5.19. The highest BCUT2D eigenvalue weighted by atomic mass is 16.5. The van der Waals surface area contributed by atoms with Gasteiger partial charge in [0.05, 0.1) is 7.11 Å². The second kappa shape index (κ2) is 5.39. The third-order valence-electron chi connectivity index (χ3n) is 2.63. The lowest BCUT2D eigenvalue weighted by atomic mass is 10.1. The van der Waals surface area contributed by atoms with Crippen molar-refractivity contribution in [2.75, 3.05) is 12.4 Å². The molecule has 0 aromatic heterocycles. The van der Waals surface area contributed by atoms with Gasteiger partial charge in [-0.05, 0) is 36.2 Å².